The molecule has 2 aromatic rings. The summed E-state index contributed by atoms with van der Waals surface area (Å²) in [5.74, 6) is -0.0619. The second-order valence-electron chi connectivity index (χ2n) is 7.25. The van der Waals surface area contributed by atoms with Gasteiger partial charge in [0.15, 0.2) is 0 Å². The van der Waals surface area contributed by atoms with Gasteiger partial charge in [-0.05, 0) is 62.4 Å². The standard InChI is InChI=1S/C21H28FN3O2/c1-25(21(26)15-19-7-5-13-27-19)12-4-2-3-6-18-14-20(24-23-18)16-8-10-17(22)11-9-16/h8-11,14,19H,2-7,12-13,15H2,1H3,(H,23,24). The molecule has 3 rings (SSSR count). The lowest BCUT2D eigenvalue weighted by molar-refractivity contribution is -0.132. The van der Waals surface area contributed by atoms with Crippen LogP contribution in [0.15, 0.2) is 30.3 Å². The molecule has 1 fully saturated rings. The molecule has 2 heterocycles. The summed E-state index contributed by atoms with van der Waals surface area (Å²) in [4.78, 5) is 14.0. The van der Waals surface area contributed by atoms with Crippen LogP contribution in [-0.4, -0.2) is 47.3 Å². The first-order valence-electron chi connectivity index (χ1n) is 9.77. The Balaban J connectivity index is 1.33. The maximum Gasteiger partial charge on any atom is 0.224 e. The molecule has 146 valence electrons. The first-order chi connectivity index (χ1) is 13.1. The van der Waals surface area contributed by atoms with Crippen molar-refractivity contribution in [3.05, 3.63) is 41.8 Å². The maximum absolute atomic E-state index is 13.0. The van der Waals surface area contributed by atoms with Gasteiger partial charge >= 0.3 is 0 Å². The molecule has 1 aromatic heterocycles. The van der Waals surface area contributed by atoms with Gasteiger partial charge in [0.2, 0.25) is 5.91 Å². The SMILES string of the molecule is CN(CCCCCc1cc(-c2ccc(F)cc2)n[nH]1)C(=O)CC1CCCO1. The molecule has 1 aliphatic heterocycles. The average Bonchev–Trinajstić information content (AvgIpc) is 3.34. The van der Waals surface area contributed by atoms with Crippen LogP contribution in [0.3, 0.4) is 0 Å². The summed E-state index contributed by atoms with van der Waals surface area (Å²) in [6, 6.07) is 8.38. The first-order valence-corrected chi connectivity index (χ1v) is 9.77. The number of unbranched alkanes of at least 4 members (excludes halogenated alkanes) is 2. The number of carbonyl (C=O) groups excluding carboxylic acids is 1. The van der Waals surface area contributed by atoms with Crippen molar-refractivity contribution in [1.29, 1.82) is 0 Å². The van der Waals surface area contributed by atoms with Crippen LogP contribution in [0.1, 0.15) is 44.2 Å². The van der Waals surface area contributed by atoms with Gasteiger partial charge in [0.05, 0.1) is 18.2 Å². The van der Waals surface area contributed by atoms with Crippen LogP contribution in [-0.2, 0) is 16.0 Å². The number of nitrogens with zero attached hydrogens (tertiary/aromatic N) is 2. The third-order valence-corrected chi connectivity index (χ3v) is 5.06. The number of halogens is 1. The van der Waals surface area contributed by atoms with Crippen molar-refractivity contribution in [2.24, 2.45) is 0 Å². The number of H-pyrrole nitrogens is 1. The summed E-state index contributed by atoms with van der Waals surface area (Å²) in [5, 5.41) is 7.36. The average molecular weight is 373 g/mol. The lowest BCUT2D eigenvalue weighted by atomic mass is 10.1. The zero-order valence-electron chi connectivity index (χ0n) is 15.9. The minimum atomic E-state index is -0.242. The molecule has 1 aliphatic rings. The number of nitrogens with one attached hydrogen (secondary N) is 1. The van der Waals surface area contributed by atoms with Gasteiger partial charge in [0.1, 0.15) is 5.82 Å². The summed E-state index contributed by atoms with van der Waals surface area (Å²) in [6.07, 6.45) is 6.71. The lowest BCUT2D eigenvalue weighted by Crippen LogP contribution is -2.30. The number of hydrogen-bond donors (Lipinski definition) is 1. The lowest BCUT2D eigenvalue weighted by Gasteiger charge is -2.19. The highest BCUT2D eigenvalue weighted by molar-refractivity contribution is 5.76. The Morgan fingerprint density at radius 3 is 2.85 bits per heavy atom. The molecule has 1 amide bonds. The molecular weight excluding hydrogens is 345 g/mol. The maximum atomic E-state index is 13.0. The van der Waals surface area contributed by atoms with Crippen molar-refractivity contribution in [2.45, 2.75) is 51.0 Å². The Bertz CT molecular complexity index is 723. The molecule has 6 heteroatoms. The molecule has 1 aromatic carbocycles. The number of hydrogen-bond acceptors (Lipinski definition) is 3. The second-order valence-corrected chi connectivity index (χ2v) is 7.25. The zero-order chi connectivity index (χ0) is 19.1. The van der Waals surface area contributed by atoms with E-state index in [0.29, 0.717) is 6.42 Å². The monoisotopic (exact) mass is 373 g/mol. The minimum absolute atomic E-state index is 0.121. The van der Waals surface area contributed by atoms with Crippen molar-refractivity contribution >= 4 is 5.91 Å². The molecule has 0 radical (unpaired) electrons. The summed E-state index contributed by atoms with van der Waals surface area (Å²) < 4.78 is 18.5. The summed E-state index contributed by atoms with van der Waals surface area (Å²) >= 11 is 0. The van der Waals surface area contributed by atoms with E-state index in [2.05, 4.69) is 10.2 Å². The van der Waals surface area contributed by atoms with Crippen LogP contribution in [0.2, 0.25) is 0 Å². The highest BCUT2D eigenvalue weighted by Crippen LogP contribution is 2.19. The molecule has 1 unspecified atom stereocenters. The Kier molecular flexibility index (Phi) is 6.98. The van der Waals surface area contributed by atoms with E-state index < -0.39 is 0 Å². The van der Waals surface area contributed by atoms with E-state index in [-0.39, 0.29) is 17.8 Å². The number of aryl methyl sites for hydroxylation is 1. The van der Waals surface area contributed by atoms with Gasteiger partial charge in [-0.15, -0.1) is 0 Å². The van der Waals surface area contributed by atoms with E-state index in [1.54, 1.807) is 12.1 Å². The van der Waals surface area contributed by atoms with E-state index in [1.165, 1.54) is 12.1 Å². The molecule has 0 bridgehead atoms. The molecule has 0 aliphatic carbocycles. The van der Waals surface area contributed by atoms with Crippen molar-refractivity contribution in [3.8, 4) is 11.3 Å². The molecule has 27 heavy (non-hydrogen) atoms. The van der Waals surface area contributed by atoms with Crippen LogP contribution in [0.5, 0.6) is 0 Å². The second kappa shape index (κ2) is 9.65. The Hall–Kier alpha value is -2.21. The van der Waals surface area contributed by atoms with Crippen LogP contribution >= 0.6 is 0 Å². The van der Waals surface area contributed by atoms with Crippen LogP contribution in [0.25, 0.3) is 11.3 Å². The van der Waals surface area contributed by atoms with E-state index in [9.17, 15) is 9.18 Å². The van der Waals surface area contributed by atoms with Gasteiger partial charge in [0, 0.05) is 31.5 Å². The Morgan fingerprint density at radius 2 is 2.11 bits per heavy atom. The molecule has 5 nitrogen and oxygen atoms in total. The Labute approximate surface area is 159 Å². The fraction of sp³-hybridized carbons (Fsp3) is 0.524. The van der Waals surface area contributed by atoms with Crippen LogP contribution in [0, 0.1) is 5.82 Å². The molecule has 0 saturated carbocycles. The highest BCUT2D eigenvalue weighted by atomic mass is 19.1. The number of amides is 1. The Morgan fingerprint density at radius 1 is 1.30 bits per heavy atom. The van der Waals surface area contributed by atoms with Gasteiger partial charge in [-0.2, -0.15) is 5.10 Å². The summed E-state index contributed by atoms with van der Waals surface area (Å²) in [6.45, 7) is 1.58. The van der Waals surface area contributed by atoms with Gasteiger partial charge in [-0.3, -0.25) is 9.89 Å². The van der Waals surface area contributed by atoms with E-state index in [4.69, 9.17) is 4.74 Å². The van der Waals surface area contributed by atoms with Crippen molar-refractivity contribution < 1.29 is 13.9 Å². The molecule has 1 atom stereocenters. The van der Waals surface area contributed by atoms with E-state index >= 15 is 0 Å². The number of aromatic amines is 1. The number of rotatable bonds is 9. The molecule has 0 spiro atoms. The smallest absolute Gasteiger partial charge is 0.224 e. The highest BCUT2D eigenvalue weighted by Gasteiger charge is 2.20. The third kappa shape index (κ3) is 5.89. The largest absolute Gasteiger partial charge is 0.378 e. The fourth-order valence-electron chi connectivity index (χ4n) is 3.38. The fourth-order valence-corrected chi connectivity index (χ4v) is 3.38. The predicted molar refractivity (Wildman–Crippen MR) is 103 cm³/mol. The van der Waals surface area contributed by atoms with Crippen molar-refractivity contribution in [3.63, 3.8) is 0 Å². The number of ether oxygens (including phenoxy) is 1. The molecule has 1 saturated heterocycles. The summed E-state index contributed by atoms with van der Waals surface area (Å²) in [7, 11) is 1.88. The quantitative estimate of drug-likeness (QED) is 0.677. The van der Waals surface area contributed by atoms with Gasteiger partial charge in [0.25, 0.3) is 0 Å². The topological polar surface area (TPSA) is 58.2 Å². The van der Waals surface area contributed by atoms with Crippen molar-refractivity contribution in [1.82, 2.24) is 15.1 Å². The third-order valence-electron chi connectivity index (χ3n) is 5.06. The molecule has 1 N–H and O–H groups in total. The number of aromatic nitrogens is 2. The minimum Gasteiger partial charge on any atom is -0.378 e. The van der Waals surface area contributed by atoms with Gasteiger partial charge in [-0.1, -0.05) is 6.42 Å². The van der Waals surface area contributed by atoms with Gasteiger partial charge in [-0.25, -0.2) is 4.39 Å². The van der Waals surface area contributed by atoms with Gasteiger partial charge < -0.3 is 9.64 Å². The van der Waals surface area contributed by atoms with Crippen molar-refractivity contribution in [2.75, 3.05) is 20.2 Å². The summed E-state index contributed by atoms with van der Waals surface area (Å²) in [5.41, 5.74) is 2.83. The van der Waals surface area contributed by atoms with E-state index in [1.807, 2.05) is 18.0 Å². The molecular formula is C21H28FN3O2. The van der Waals surface area contributed by atoms with Crippen LogP contribution in [0.4, 0.5) is 4.39 Å². The first kappa shape index (κ1) is 19.5. The van der Waals surface area contributed by atoms with Crippen LogP contribution < -0.4 is 0 Å². The zero-order valence-corrected chi connectivity index (χ0v) is 15.9. The van der Waals surface area contributed by atoms with E-state index in [0.717, 1.165) is 68.6 Å². The predicted octanol–water partition coefficient (Wildman–Crippen LogP) is 3.96. The number of carbonyl (C=O) groups is 1. The number of benzene rings is 1. The normalized spacial score (nSPS) is 16.6.